The Labute approximate surface area is 96.4 Å². The molecule has 1 rings (SSSR count). The lowest BCUT2D eigenvalue weighted by Gasteiger charge is -2.26. The summed E-state index contributed by atoms with van der Waals surface area (Å²) in [6.07, 6.45) is 4.47. The fraction of sp³-hybridized carbons (Fsp3) is 0.833. The van der Waals surface area contributed by atoms with Crippen LogP contribution in [0.4, 0.5) is 0 Å². The van der Waals surface area contributed by atoms with E-state index in [1.807, 2.05) is 0 Å². The van der Waals surface area contributed by atoms with Gasteiger partial charge in [0, 0.05) is 5.92 Å². The molecule has 1 aliphatic rings. The molecule has 4 heteroatoms. The highest BCUT2D eigenvalue weighted by molar-refractivity contribution is 5.84. The zero-order valence-corrected chi connectivity index (χ0v) is 10.0. The van der Waals surface area contributed by atoms with E-state index in [-0.39, 0.29) is 11.8 Å². The molecule has 0 saturated heterocycles. The first-order chi connectivity index (χ1) is 7.54. The van der Waals surface area contributed by atoms with Gasteiger partial charge < -0.3 is 10.4 Å². The summed E-state index contributed by atoms with van der Waals surface area (Å²) in [5.74, 6) is -0.438. The van der Waals surface area contributed by atoms with Gasteiger partial charge in [-0.05, 0) is 25.2 Å². The number of amides is 1. The Morgan fingerprint density at radius 1 is 1.44 bits per heavy atom. The van der Waals surface area contributed by atoms with Crippen molar-refractivity contribution in [2.45, 2.75) is 52.0 Å². The van der Waals surface area contributed by atoms with Crippen LogP contribution in [0.3, 0.4) is 0 Å². The number of nitrogens with one attached hydrogen (secondary N) is 1. The Bertz CT molecular complexity index is 265. The number of hydrogen-bond donors (Lipinski definition) is 2. The number of carboxylic acids is 1. The van der Waals surface area contributed by atoms with Crippen molar-refractivity contribution in [1.82, 2.24) is 5.32 Å². The van der Waals surface area contributed by atoms with Crippen LogP contribution in [0.5, 0.6) is 0 Å². The number of aliphatic carboxylic acids is 1. The van der Waals surface area contributed by atoms with E-state index in [0.717, 1.165) is 19.3 Å². The van der Waals surface area contributed by atoms with Crippen LogP contribution in [0.1, 0.15) is 46.0 Å². The lowest BCUT2D eigenvalue weighted by Crippen LogP contribution is -2.44. The Morgan fingerprint density at radius 3 is 2.62 bits per heavy atom. The van der Waals surface area contributed by atoms with Crippen LogP contribution in [0.15, 0.2) is 0 Å². The molecule has 0 radical (unpaired) electrons. The Kier molecular flexibility index (Phi) is 4.77. The van der Waals surface area contributed by atoms with Crippen molar-refractivity contribution in [2.75, 3.05) is 0 Å². The van der Waals surface area contributed by atoms with Gasteiger partial charge in [0.2, 0.25) is 5.91 Å². The average molecular weight is 227 g/mol. The molecule has 2 N–H and O–H groups in total. The number of rotatable bonds is 4. The van der Waals surface area contributed by atoms with Gasteiger partial charge in [0.15, 0.2) is 0 Å². The summed E-state index contributed by atoms with van der Waals surface area (Å²) in [6.45, 7) is 3.91. The minimum Gasteiger partial charge on any atom is -0.480 e. The van der Waals surface area contributed by atoms with E-state index in [1.54, 1.807) is 6.92 Å². The molecular weight excluding hydrogens is 206 g/mol. The van der Waals surface area contributed by atoms with Crippen molar-refractivity contribution in [1.29, 1.82) is 0 Å². The van der Waals surface area contributed by atoms with Gasteiger partial charge in [0.05, 0.1) is 0 Å². The zero-order valence-electron chi connectivity index (χ0n) is 10.0. The maximum absolute atomic E-state index is 11.8. The van der Waals surface area contributed by atoms with Crippen molar-refractivity contribution in [3.63, 3.8) is 0 Å². The second kappa shape index (κ2) is 5.87. The van der Waals surface area contributed by atoms with Gasteiger partial charge in [-0.25, -0.2) is 4.79 Å². The lowest BCUT2D eigenvalue weighted by atomic mass is 9.82. The first-order valence-electron chi connectivity index (χ1n) is 6.07. The molecule has 0 heterocycles. The van der Waals surface area contributed by atoms with Gasteiger partial charge in [0.1, 0.15) is 6.04 Å². The number of carbonyl (C=O) groups excluding carboxylic acids is 1. The van der Waals surface area contributed by atoms with E-state index in [0.29, 0.717) is 12.3 Å². The average Bonchev–Trinajstić information content (AvgIpc) is 2.25. The molecule has 3 atom stereocenters. The van der Waals surface area contributed by atoms with E-state index in [9.17, 15) is 9.59 Å². The molecule has 1 saturated carbocycles. The number of hydrogen-bond acceptors (Lipinski definition) is 2. The molecule has 1 fully saturated rings. The van der Waals surface area contributed by atoms with Gasteiger partial charge in [-0.15, -0.1) is 0 Å². The standard InChI is InChI=1S/C12H21NO3/c1-3-10(12(15)16)13-11(14)9-6-4-5-8(2)7-9/h8-10H,3-7H2,1-2H3,(H,13,14)(H,15,16). The highest BCUT2D eigenvalue weighted by atomic mass is 16.4. The van der Waals surface area contributed by atoms with Crippen LogP contribution in [0.2, 0.25) is 0 Å². The van der Waals surface area contributed by atoms with Gasteiger partial charge in [0.25, 0.3) is 0 Å². The summed E-state index contributed by atoms with van der Waals surface area (Å²) in [4.78, 5) is 22.6. The third-order valence-electron chi connectivity index (χ3n) is 3.33. The minimum atomic E-state index is -0.945. The molecular formula is C12H21NO3. The molecule has 0 aliphatic heterocycles. The first kappa shape index (κ1) is 13.0. The lowest BCUT2D eigenvalue weighted by molar-refractivity contribution is -0.142. The van der Waals surface area contributed by atoms with E-state index < -0.39 is 12.0 Å². The molecule has 3 unspecified atom stereocenters. The highest BCUT2D eigenvalue weighted by Crippen LogP contribution is 2.28. The SMILES string of the molecule is CCC(NC(=O)C1CCCC(C)C1)C(=O)O. The molecule has 92 valence electrons. The van der Waals surface area contributed by atoms with Crippen molar-refractivity contribution in [3.8, 4) is 0 Å². The Morgan fingerprint density at radius 2 is 2.12 bits per heavy atom. The van der Waals surface area contributed by atoms with Gasteiger partial charge >= 0.3 is 5.97 Å². The van der Waals surface area contributed by atoms with Crippen molar-refractivity contribution >= 4 is 11.9 Å². The first-order valence-corrected chi connectivity index (χ1v) is 6.07. The predicted molar refractivity (Wildman–Crippen MR) is 61.0 cm³/mol. The molecule has 0 aromatic heterocycles. The topological polar surface area (TPSA) is 66.4 Å². The number of carbonyl (C=O) groups is 2. The predicted octanol–water partition coefficient (Wildman–Crippen LogP) is 1.79. The highest BCUT2D eigenvalue weighted by Gasteiger charge is 2.27. The van der Waals surface area contributed by atoms with E-state index in [4.69, 9.17) is 5.11 Å². The number of carboxylic acid groups (broad SMARTS) is 1. The monoisotopic (exact) mass is 227 g/mol. The molecule has 16 heavy (non-hydrogen) atoms. The Balaban J connectivity index is 2.47. The maximum atomic E-state index is 11.8. The van der Waals surface area contributed by atoms with Crippen molar-refractivity contribution in [2.24, 2.45) is 11.8 Å². The minimum absolute atomic E-state index is 0.0112. The smallest absolute Gasteiger partial charge is 0.326 e. The van der Waals surface area contributed by atoms with Crippen molar-refractivity contribution in [3.05, 3.63) is 0 Å². The van der Waals surface area contributed by atoms with Crippen LogP contribution in [0.25, 0.3) is 0 Å². The molecule has 1 amide bonds. The van der Waals surface area contributed by atoms with Gasteiger partial charge in [-0.1, -0.05) is 26.7 Å². The quantitative estimate of drug-likeness (QED) is 0.769. The van der Waals surface area contributed by atoms with Crippen molar-refractivity contribution < 1.29 is 14.7 Å². The summed E-state index contributed by atoms with van der Waals surface area (Å²) in [7, 11) is 0. The van der Waals surface area contributed by atoms with Crippen LogP contribution in [0, 0.1) is 11.8 Å². The summed E-state index contributed by atoms with van der Waals surface area (Å²) in [6, 6.07) is -0.732. The summed E-state index contributed by atoms with van der Waals surface area (Å²) < 4.78 is 0. The van der Waals surface area contributed by atoms with Gasteiger partial charge in [-0.3, -0.25) is 4.79 Å². The maximum Gasteiger partial charge on any atom is 0.326 e. The summed E-state index contributed by atoms with van der Waals surface area (Å²) >= 11 is 0. The van der Waals surface area contributed by atoms with E-state index >= 15 is 0 Å². The molecule has 0 aromatic rings. The molecule has 0 spiro atoms. The molecule has 4 nitrogen and oxygen atoms in total. The summed E-state index contributed by atoms with van der Waals surface area (Å²) in [5.41, 5.74) is 0. The third-order valence-corrected chi connectivity index (χ3v) is 3.33. The van der Waals surface area contributed by atoms with E-state index in [2.05, 4.69) is 12.2 Å². The second-order valence-electron chi connectivity index (χ2n) is 4.78. The third kappa shape index (κ3) is 3.51. The molecule has 1 aliphatic carbocycles. The van der Waals surface area contributed by atoms with Crippen LogP contribution in [-0.2, 0) is 9.59 Å². The molecule has 0 aromatic carbocycles. The van der Waals surface area contributed by atoms with E-state index in [1.165, 1.54) is 6.42 Å². The summed E-state index contributed by atoms with van der Waals surface area (Å²) in [5, 5.41) is 11.5. The normalized spacial score (nSPS) is 27.1. The fourth-order valence-electron chi connectivity index (χ4n) is 2.30. The molecule has 0 bridgehead atoms. The second-order valence-corrected chi connectivity index (χ2v) is 4.78. The Hall–Kier alpha value is -1.06. The van der Waals surface area contributed by atoms with Gasteiger partial charge in [-0.2, -0.15) is 0 Å². The zero-order chi connectivity index (χ0) is 12.1. The van der Waals surface area contributed by atoms with Crippen LogP contribution < -0.4 is 5.32 Å². The largest absolute Gasteiger partial charge is 0.480 e. The van der Waals surface area contributed by atoms with Crippen LogP contribution in [-0.4, -0.2) is 23.0 Å². The van der Waals surface area contributed by atoms with Crippen LogP contribution >= 0.6 is 0 Å². The fourth-order valence-corrected chi connectivity index (χ4v) is 2.30.